The molecule has 0 aliphatic carbocycles. The molecule has 2 aliphatic rings. The van der Waals surface area contributed by atoms with Crippen LogP contribution >= 0.6 is 0 Å². The van der Waals surface area contributed by atoms with E-state index in [9.17, 15) is 18.3 Å². The van der Waals surface area contributed by atoms with Gasteiger partial charge < -0.3 is 9.52 Å². The molecule has 1 aromatic carbocycles. The average molecular weight is 463 g/mol. The van der Waals surface area contributed by atoms with E-state index < -0.39 is 15.8 Å². The Morgan fingerprint density at radius 2 is 1.69 bits per heavy atom. The van der Waals surface area contributed by atoms with Gasteiger partial charge in [0.25, 0.3) is 10.2 Å². The predicted molar refractivity (Wildman–Crippen MR) is 120 cm³/mol. The van der Waals surface area contributed by atoms with Crippen LogP contribution in [0.2, 0.25) is 0 Å². The van der Waals surface area contributed by atoms with Crippen molar-refractivity contribution in [3.63, 3.8) is 0 Å². The fourth-order valence-corrected chi connectivity index (χ4v) is 5.38. The minimum atomic E-state index is -3.45. The number of fused-ring (bicyclic) bond motifs is 1. The van der Waals surface area contributed by atoms with Gasteiger partial charge in [0.1, 0.15) is 12.0 Å². The average Bonchev–Trinajstić information content (AvgIpc) is 2.78. The molecule has 4 rings (SSSR count). The topological polar surface area (TPSA) is 97.5 Å². The monoisotopic (exact) mass is 462 g/mol. The largest absolute Gasteiger partial charge is 0.507 e. The van der Waals surface area contributed by atoms with E-state index in [4.69, 9.17) is 4.42 Å². The SMILES string of the molecule is CN(C)S(=O)(=O)N1CCN(Cc2c(O)c(CN3CCc4ccccc4C3)coc2=O)CC1. The Labute approximate surface area is 188 Å². The van der Waals surface area contributed by atoms with Crippen molar-refractivity contribution in [2.45, 2.75) is 26.1 Å². The highest BCUT2D eigenvalue weighted by atomic mass is 32.2. The van der Waals surface area contributed by atoms with Crippen molar-refractivity contribution < 1.29 is 17.9 Å². The minimum absolute atomic E-state index is 0.0246. The zero-order valence-electron chi connectivity index (χ0n) is 18.5. The van der Waals surface area contributed by atoms with Gasteiger partial charge in [-0.05, 0) is 17.5 Å². The number of hydrogen-bond acceptors (Lipinski definition) is 7. The Balaban J connectivity index is 1.43. The first-order valence-corrected chi connectivity index (χ1v) is 12.2. The molecule has 0 spiro atoms. The lowest BCUT2D eigenvalue weighted by atomic mass is 9.99. The highest BCUT2D eigenvalue weighted by Gasteiger charge is 2.29. The normalized spacial score (nSPS) is 18.7. The van der Waals surface area contributed by atoms with Crippen molar-refractivity contribution in [1.82, 2.24) is 18.4 Å². The van der Waals surface area contributed by atoms with Crippen LogP contribution < -0.4 is 5.63 Å². The van der Waals surface area contributed by atoms with Gasteiger partial charge in [0.2, 0.25) is 0 Å². The molecule has 0 amide bonds. The van der Waals surface area contributed by atoms with Gasteiger partial charge in [-0.2, -0.15) is 17.0 Å². The van der Waals surface area contributed by atoms with Crippen LogP contribution in [0.15, 0.2) is 39.7 Å². The van der Waals surface area contributed by atoms with Crippen molar-refractivity contribution in [3.8, 4) is 5.75 Å². The molecule has 0 unspecified atom stereocenters. The van der Waals surface area contributed by atoms with Crippen molar-refractivity contribution in [1.29, 1.82) is 0 Å². The molecule has 32 heavy (non-hydrogen) atoms. The highest BCUT2D eigenvalue weighted by molar-refractivity contribution is 7.86. The van der Waals surface area contributed by atoms with Crippen LogP contribution in [0.25, 0.3) is 0 Å². The van der Waals surface area contributed by atoms with Gasteiger partial charge in [-0.25, -0.2) is 4.79 Å². The molecule has 0 atom stereocenters. The van der Waals surface area contributed by atoms with Crippen molar-refractivity contribution >= 4 is 10.2 Å². The van der Waals surface area contributed by atoms with Gasteiger partial charge in [0.15, 0.2) is 0 Å². The van der Waals surface area contributed by atoms with Crippen LogP contribution in [0.3, 0.4) is 0 Å². The summed E-state index contributed by atoms with van der Waals surface area (Å²) in [4.78, 5) is 16.5. The van der Waals surface area contributed by atoms with Gasteiger partial charge in [0, 0.05) is 72.0 Å². The lowest BCUT2D eigenvalue weighted by Gasteiger charge is -2.35. The summed E-state index contributed by atoms with van der Waals surface area (Å²) in [6, 6.07) is 8.35. The van der Waals surface area contributed by atoms with Crippen LogP contribution in [-0.4, -0.2) is 78.8 Å². The fraction of sp³-hybridized carbons (Fsp3) is 0.500. The number of rotatable bonds is 6. The second-order valence-corrected chi connectivity index (χ2v) is 10.7. The Hall–Kier alpha value is -2.24. The summed E-state index contributed by atoms with van der Waals surface area (Å²) in [5.41, 5.74) is 2.89. The number of benzene rings is 1. The third-order valence-electron chi connectivity index (χ3n) is 6.25. The summed E-state index contributed by atoms with van der Waals surface area (Å²) < 4.78 is 32.5. The second-order valence-electron chi connectivity index (χ2n) is 8.57. The van der Waals surface area contributed by atoms with E-state index in [2.05, 4.69) is 17.0 Å². The molecule has 0 radical (unpaired) electrons. The summed E-state index contributed by atoms with van der Waals surface area (Å²) in [5, 5.41) is 10.9. The summed E-state index contributed by atoms with van der Waals surface area (Å²) in [5.74, 6) is -0.0246. The van der Waals surface area contributed by atoms with Gasteiger partial charge >= 0.3 is 5.63 Å². The maximum absolute atomic E-state index is 12.4. The van der Waals surface area contributed by atoms with E-state index in [1.54, 1.807) is 0 Å². The standard InChI is InChI=1S/C22H30N4O5S/c1-23(2)32(29,30)26-11-9-24(10-12-26)15-20-21(27)19(16-31-22(20)28)14-25-8-7-17-5-3-4-6-18(17)13-25/h3-6,16,27H,7-15H2,1-2H3. The first-order chi connectivity index (χ1) is 15.3. The van der Waals surface area contributed by atoms with Crippen LogP contribution in [-0.2, 0) is 36.3 Å². The summed E-state index contributed by atoms with van der Waals surface area (Å²) >= 11 is 0. The summed E-state index contributed by atoms with van der Waals surface area (Å²) in [6.07, 6.45) is 2.30. The van der Waals surface area contributed by atoms with E-state index in [0.717, 1.165) is 19.5 Å². The first kappa shape index (κ1) is 22.9. The molecule has 0 saturated carbocycles. The number of aromatic hydroxyl groups is 1. The Kier molecular flexibility index (Phi) is 6.68. The molecule has 1 N–H and O–H groups in total. The third-order valence-corrected chi connectivity index (χ3v) is 8.19. The third kappa shape index (κ3) is 4.74. The highest BCUT2D eigenvalue weighted by Crippen LogP contribution is 2.26. The molecule has 1 fully saturated rings. The van der Waals surface area contributed by atoms with Gasteiger partial charge in [-0.3, -0.25) is 9.80 Å². The summed E-state index contributed by atoms with van der Waals surface area (Å²) in [7, 11) is -0.429. The molecule has 2 aromatic rings. The smallest absolute Gasteiger partial charge is 0.343 e. The molecule has 174 valence electrons. The second kappa shape index (κ2) is 9.32. The maximum Gasteiger partial charge on any atom is 0.343 e. The molecular formula is C22H30N4O5S. The molecule has 1 saturated heterocycles. The molecule has 1 aromatic heterocycles. The Morgan fingerprint density at radius 1 is 1.00 bits per heavy atom. The van der Waals surface area contributed by atoms with Gasteiger partial charge in [-0.15, -0.1) is 0 Å². The van der Waals surface area contributed by atoms with Crippen molar-refractivity contribution in [3.05, 3.63) is 63.2 Å². The van der Waals surface area contributed by atoms with Crippen LogP contribution in [0.5, 0.6) is 5.75 Å². The van der Waals surface area contributed by atoms with E-state index in [1.165, 1.54) is 40.1 Å². The van der Waals surface area contributed by atoms with E-state index in [-0.39, 0.29) is 17.9 Å². The minimum Gasteiger partial charge on any atom is -0.507 e. The lowest BCUT2D eigenvalue weighted by molar-refractivity contribution is 0.173. The molecule has 9 nitrogen and oxygen atoms in total. The van der Waals surface area contributed by atoms with E-state index in [1.807, 2.05) is 17.0 Å². The molecule has 3 heterocycles. The number of nitrogens with zero attached hydrogens (tertiary/aromatic N) is 4. The first-order valence-electron chi connectivity index (χ1n) is 10.8. The van der Waals surface area contributed by atoms with E-state index >= 15 is 0 Å². The molecule has 0 bridgehead atoms. The molecule has 10 heteroatoms. The van der Waals surface area contributed by atoms with Crippen LogP contribution in [0.1, 0.15) is 22.3 Å². The lowest BCUT2D eigenvalue weighted by Crippen LogP contribution is -2.51. The van der Waals surface area contributed by atoms with E-state index in [0.29, 0.717) is 38.3 Å². The Bertz CT molecular complexity index is 1120. The van der Waals surface area contributed by atoms with Crippen LogP contribution in [0, 0.1) is 0 Å². The van der Waals surface area contributed by atoms with Gasteiger partial charge in [0.05, 0.1) is 5.56 Å². The fourth-order valence-electron chi connectivity index (χ4n) is 4.30. The van der Waals surface area contributed by atoms with Crippen LogP contribution in [0.4, 0.5) is 0 Å². The maximum atomic E-state index is 12.4. The van der Waals surface area contributed by atoms with Gasteiger partial charge in [-0.1, -0.05) is 24.3 Å². The Morgan fingerprint density at radius 3 is 2.38 bits per heavy atom. The number of piperazine rings is 1. The van der Waals surface area contributed by atoms with Crippen molar-refractivity contribution in [2.75, 3.05) is 46.8 Å². The zero-order valence-corrected chi connectivity index (χ0v) is 19.3. The quantitative estimate of drug-likeness (QED) is 0.679. The molecular weight excluding hydrogens is 432 g/mol. The summed E-state index contributed by atoms with van der Waals surface area (Å²) in [6.45, 7) is 3.98. The predicted octanol–water partition coefficient (Wildman–Crippen LogP) is 0.828. The van der Waals surface area contributed by atoms with Crippen molar-refractivity contribution in [2.24, 2.45) is 0 Å². The number of hydrogen-bond donors (Lipinski definition) is 1. The zero-order chi connectivity index (χ0) is 22.9. The molecule has 2 aliphatic heterocycles.